The van der Waals surface area contributed by atoms with Crippen molar-refractivity contribution in [3.63, 3.8) is 0 Å². The van der Waals surface area contributed by atoms with Crippen LogP contribution in [0, 0.1) is 23.7 Å². The number of H-pyrrole nitrogens is 1. The van der Waals surface area contributed by atoms with Crippen molar-refractivity contribution in [3.8, 4) is 11.6 Å². The molecule has 4 aliphatic rings. The number of nitrogens with one attached hydrogen (secondary N) is 2. The van der Waals surface area contributed by atoms with Gasteiger partial charge in [0.25, 0.3) is 0 Å². The molecular weight excluding hydrogens is 504 g/mol. The lowest BCUT2D eigenvalue weighted by Gasteiger charge is -2.45. The number of piperidine rings is 1. The third kappa shape index (κ3) is 4.91. The molecule has 3 saturated carbocycles. The zero-order valence-electron chi connectivity index (χ0n) is 24.1. The maximum absolute atomic E-state index is 11.8. The molecular formula is C30H44N8O2. The van der Waals surface area contributed by atoms with Crippen LogP contribution in [0.15, 0.2) is 9.32 Å². The zero-order valence-corrected chi connectivity index (χ0v) is 24.1. The van der Waals surface area contributed by atoms with E-state index in [9.17, 15) is 4.79 Å². The fourth-order valence-electron chi connectivity index (χ4n) is 7.87. The summed E-state index contributed by atoms with van der Waals surface area (Å²) in [6, 6.07) is 0.838. The second-order valence-electron chi connectivity index (χ2n) is 13.2. The van der Waals surface area contributed by atoms with Gasteiger partial charge in [-0.05, 0) is 82.0 Å². The molecule has 0 aromatic carbocycles. The van der Waals surface area contributed by atoms with Gasteiger partial charge in [0.1, 0.15) is 5.52 Å². The number of imidazole rings is 1. The lowest BCUT2D eigenvalue weighted by Crippen LogP contribution is -2.48. The molecule has 7 rings (SSSR count). The third-order valence-corrected chi connectivity index (χ3v) is 10.5. The van der Waals surface area contributed by atoms with Crippen molar-refractivity contribution in [2.24, 2.45) is 23.7 Å². The molecule has 0 amide bonds. The van der Waals surface area contributed by atoms with Gasteiger partial charge in [0.15, 0.2) is 11.5 Å². The first-order valence-electron chi connectivity index (χ1n) is 15.9. The number of fused-ring (bicyclic) bond motifs is 2. The van der Waals surface area contributed by atoms with Crippen molar-refractivity contribution in [1.82, 2.24) is 29.7 Å². The van der Waals surface area contributed by atoms with Crippen LogP contribution in [0.2, 0.25) is 0 Å². The summed E-state index contributed by atoms with van der Waals surface area (Å²) in [6.07, 6.45) is 16.7. The van der Waals surface area contributed by atoms with Crippen LogP contribution in [0.1, 0.15) is 97.3 Å². The molecule has 0 unspecified atom stereocenters. The molecule has 0 spiro atoms. The lowest BCUT2D eigenvalue weighted by molar-refractivity contribution is 0.236. The van der Waals surface area contributed by atoms with Crippen molar-refractivity contribution < 1.29 is 4.52 Å². The molecule has 4 fully saturated rings. The van der Waals surface area contributed by atoms with E-state index >= 15 is 0 Å². The minimum atomic E-state index is -0.606. The summed E-state index contributed by atoms with van der Waals surface area (Å²) in [7, 11) is 0. The predicted molar refractivity (Wildman–Crippen MR) is 155 cm³/mol. The van der Waals surface area contributed by atoms with Gasteiger partial charge in [-0.15, -0.1) is 0 Å². The van der Waals surface area contributed by atoms with E-state index in [1.165, 1.54) is 83.5 Å². The van der Waals surface area contributed by atoms with E-state index in [1.54, 1.807) is 0 Å². The topological polar surface area (TPSA) is 118 Å². The van der Waals surface area contributed by atoms with Crippen molar-refractivity contribution in [2.75, 3.05) is 16.8 Å². The molecule has 10 nitrogen and oxygen atoms in total. The van der Waals surface area contributed by atoms with Crippen molar-refractivity contribution in [1.29, 1.82) is 0 Å². The Morgan fingerprint density at radius 1 is 0.975 bits per heavy atom. The Morgan fingerprint density at radius 2 is 1.77 bits per heavy atom. The quantitative estimate of drug-likeness (QED) is 0.383. The lowest BCUT2D eigenvalue weighted by atomic mass is 9.78. The highest BCUT2D eigenvalue weighted by molar-refractivity contribution is 5.87. The number of aromatic nitrogens is 6. The van der Waals surface area contributed by atoms with Crippen molar-refractivity contribution in [3.05, 3.63) is 10.6 Å². The van der Waals surface area contributed by atoms with E-state index < -0.39 is 5.76 Å². The predicted octanol–water partition coefficient (Wildman–Crippen LogP) is 5.76. The summed E-state index contributed by atoms with van der Waals surface area (Å²) >= 11 is 0. The van der Waals surface area contributed by atoms with Crippen LogP contribution in [-0.4, -0.2) is 48.3 Å². The van der Waals surface area contributed by atoms with E-state index in [4.69, 9.17) is 19.5 Å². The van der Waals surface area contributed by atoms with E-state index in [0.717, 1.165) is 42.2 Å². The van der Waals surface area contributed by atoms with Gasteiger partial charge in [-0.2, -0.15) is 4.98 Å². The first-order valence-corrected chi connectivity index (χ1v) is 15.9. The third-order valence-electron chi connectivity index (χ3n) is 10.5. The molecule has 1 aliphatic heterocycles. The van der Waals surface area contributed by atoms with Gasteiger partial charge in [-0.3, -0.25) is 9.51 Å². The molecule has 0 radical (unpaired) electrons. The minimum Gasteiger partial charge on any atom is -0.365 e. The van der Waals surface area contributed by atoms with Gasteiger partial charge in [0.05, 0.1) is 0 Å². The van der Waals surface area contributed by atoms with Gasteiger partial charge in [-0.25, -0.2) is 14.8 Å². The number of aromatic amines is 1. The molecule has 3 aromatic rings. The van der Waals surface area contributed by atoms with Gasteiger partial charge < -0.3 is 14.8 Å². The standard InChI is InChI=1S/C30H44N8O2/c1-18-12-14-20(15-13-18)17-38-24-25(31-19(2)21-8-5-9-21)32-27(28-35-30(39)40-36-28)33-26(24)34-29(38)37-16-6-10-22-7-3-4-11-23(22)37/h18-23H,3-17H2,1-2H3,(H,31,32,33)(H,35,36,39)/t18-,19-,20-,22+,23-/m1/s1. The van der Waals surface area contributed by atoms with Crippen LogP contribution in [0.25, 0.3) is 22.8 Å². The van der Waals surface area contributed by atoms with E-state index in [0.29, 0.717) is 29.3 Å². The molecule has 40 heavy (non-hydrogen) atoms. The zero-order chi connectivity index (χ0) is 27.2. The molecule has 4 heterocycles. The molecule has 3 aliphatic carbocycles. The van der Waals surface area contributed by atoms with Crippen molar-refractivity contribution in [2.45, 2.75) is 116 Å². The molecule has 2 N–H and O–H groups in total. The Hall–Kier alpha value is -2.91. The molecule has 216 valence electrons. The summed E-state index contributed by atoms with van der Waals surface area (Å²) in [4.78, 5) is 32.2. The first kappa shape index (κ1) is 26.0. The fourth-order valence-corrected chi connectivity index (χ4v) is 7.87. The van der Waals surface area contributed by atoms with Crippen LogP contribution in [0.5, 0.6) is 0 Å². The minimum absolute atomic E-state index is 0.244. The average molecular weight is 549 g/mol. The summed E-state index contributed by atoms with van der Waals surface area (Å²) in [5.74, 6) is 4.68. The Balaban J connectivity index is 1.36. The van der Waals surface area contributed by atoms with Crippen LogP contribution < -0.4 is 16.0 Å². The second-order valence-corrected chi connectivity index (χ2v) is 13.2. The molecule has 3 aromatic heterocycles. The summed E-state index contributed by atoms with van der Waals surface area (Å²) in [5.41, 5.74) is 1.67. The maximum Gasteiger partial charge on any atom is 0.439 e. The number of anilines is 2. The fraction of sp³-hybridized carbons (Fsp3) is 0.767. The normalized spacial score (nSPS) is 28.3. The molecule has 0 bridgehead atoms. The monoisotopic (exact) mass is 548 g/mol. The SMILES string of the molecule is C[C@@H](Nc1nc(-c2noc(=O)[nH]2)nc2nc(N3CCC[C@@H]4CCCC[C@H]43)n(C[C@H]3CC[C@H](C)CC3)c12)C1CCC1. The number of hydrogen-bond acceptors (Lipinski definition) is 8. The largest absolute Gasteiger partial charge is 0.439 e. The van der Waals surface area contributed by atoms with Crippen LogP contribution in [0.4, 0.5) is 11.8 Å². The van der Waals surface area contributed by atoms with Crippen LogP contribution in [-0.2, 0) is 6.54 Å². The summed E-state index contributed by atoms with van der Waals surface area (Å²) in [5, 5.41) is 7.69. The number of rotatable bonds is 7. The van der Waals surface area contributed by atoms with Crippen LogP contribution >= 0.6 is 0 Å². The highest BCUT2D eigenvalue weighted by Crippen LogP contribution is 2.41. The van der Waals surface area contributed by atoms with E-state index in [-0.39, 0.29) is 11.9 Å². The van der Waals surface area contributed by atoms with Crippen molar-refractivity contribution >= 4 is 22.9 Å². The molecule has 10 heteroatoms. The molecule has 1 saturated heterocycles. The average Bonchev–Trinajstić information content (AvgIpc) is 3.52. The summed E-state index contributed by atoms with van der Waals surface area (Å²) in [6.45, 7) is 6.64. The Labute approximate surface area is 235 Å². The number of nitrogens with zero attached hydrogens (tertiary/aromatic N) is 6. The Morgan fingerprint density at radius 3 is 2.52 bits per heavy atom. The second kappa shape index (κ2) is 10.8. The smallest absolute Gasteiger partial charge is 0.365 e. The van der Waals surface area contributed by atoms with E-state index in [1.807, 2.05) is 0 Å². The highest BCUT2D eigenvalue weighted by Gasteiger charge is 2.37. The highest BCUT2D eigenvalue weighted by atomic mass is 16.5. The van der Waals surface area contributed by atoms with Crippen LogP contribution in [0.3, 0.4) is 0 Å². The molecule has 3 atom stereocenters. The number of hydrogen-bond donors (Lipinski definition) is 2. The summed E-state index contributed by atoms with van der Waals surface area (Å²) < 4.78 is 7.28. The van der Waals surface area contributed by atoms with Gasteiger partial charge in [0, 0.05) is 25.2 Å². The first-order chi connectivity index (χ1) is 19.5. The maximum atomic E-state index is 11.8. The van der Waals surface area contributed by atoms with Gasteiger partial charge in [0.2, 0.25) is 17.6 Å². The van der Waals surface area contributed by atoms with E-state index in [2.05, 4.69) is 38.8 Å². The Kier molecular flexibility index (Phi) is 7.04. The van der Waals surface area contributed by atoms with Gasteiger partial charge in [-0.1, -0.05) is 44.2 Å². The van der Waals surface area contributed by atoms with Gasteiger partial charge >= 0.3 is 5.76 Å². The Bertz CT molecular complexity index is 1380.